The van der Waals surface area contributed by atoms with Crippen LogP contribution in [0.2, 0.25) is 0 Å². The second kappa shape index (κ2) is 8.91. The molecule has 7 heteroatoms. The minimum atomic E-state index is -1.23. The highest BCUT2D eigenvalue weighted by atomic mass is 16.5. The van der Waals surface area contributed by atoms with Gasteiger partial charge < -0.3 is 14.7 Å². The molecule has 1 aliphatic carbocycles. The Hall–Kier alpha value is -4.13. The molecule has 0 spiro atoms. The van der Waals surface area contributed by atoms with E-state index in [1.165, 1.54) is 4.90 Å². The molecule has 35 heavy (non-hydrogen) atoms. The van der Waals surface area contributed by atoms with Gasteiger partial charge in [-0.3, -0.25) is 10.1 Å². The van der Waals surface area contributed by atoms with Gasteiger partial charge in [0, 0.05) is 23.7 Å². The summed E-state index contributed by atoms with van der Waals surface area (Å²) in [6, 6.07) is 22.7. The number of aliphatic carboxylic acids is 1. The molecule has 0 aromatic heterocycles. The topological polar surface area (TPSA) is 95.9 Å². The number of hydrogen-bond acceptors (Lipinski definition) is 4. The molecule has 5 rings (SSSR count). The van der Waals surface area contributed by atoms with Gasteiger partial charge >= 0.3 is 12.1 Å². The third-order valence-electron chi connectivity index (χ3n) is 7.05. The molecular formula is C28H26N2O5. The first-order valence-corrected chi connectivity index (χ1v) is 11.7. The number of likely N-dealkylation sites (tertiary alicyclic amines) is 1. The predicted molar refractivity (Wildman–Crippen MR) is 131 cm³/mol. The van der Waals surface area contributed by atoms with Crippen LogP contribution >= 0.6 is 0 Å². The lowest BCUT2D eigenvalue weighted by molar-refractivity contribution is -0.147. The number of benzene rings is 3. The van der Waals surface area contributed by atoms with Crippen LogP contribution in [-0.4, -0.2) is 46.7 Å². The monoisotopic (exact) mass is 470 g/mol. The Morgan fingerprint density at radius 3 is 2.31 bits per heavy atom. The standard InChI is InChI=1S/C28H26N2O5/c1-28(26(32)33)14-7-15-30(28)25(31)18-8-6-9-19(16-18)29-27(34)35-17-24-22-12-4-2-10-20(22)21-11-3-5-13-23(21)24/h2-6,8-13,16,24H,7,14-15,17H2,1H3,(H,29,34)(H,32,33)/t28-/m0/s1. The highest BCUT2D eigenvalue weighted by Crippen LogP contribution is 2.44. The number of anilines is 1. The highest BCUT2D eigenvalue weighted by Gasteiger charge is 2.46. The first-order chi connectivity index (χ1) is 16.9. The van der Waals surface area contributed by atoms with Gasteiger partial charge in [-0.25, -0.2) is 9.59 Å². The van der Waals surface area contributed by atoms with Crippen molar-refractivity contribution in [2.24, 2.45) is 0 Å². The van der Waals surface area contributed by atoms with Gasteiger partial charge in [-0.15, -0.1) is 0 Å². The van der Waals surface area contributed by atoms with Crippen LogP contribution in [0.25, 0.3) is 11.1 Å². The van der Waals surface area contributed by atoms with Crippen molar-refractivity contribution < 1.29 is 24.2 Å². The molecule has 1 aliphatic heterocycles. The molecule has 0 unspecified atom stereocenters. The molecule has 2 amide bonds. The van der Waals surface area contributed by atoms with E-state index in [0.29, 0.717) is 30.6 Å². The summed E-state index contributed by atoms with van der Waals surface area (Å²) < 4.78 is 5.59. The van der Waals surface area contributed by atoms with Crippen molar-refractivity contribution in [3.8, 4) is 11.1 Å². The van der Waals surface area contributed by atoms with E-state index in [1.54, 1.807) is 31.2 Å². The summed E-state index contributed by atoms with van der Waals surface area (Å²) in [5, 5.41) is 12.3. The molecule has 3 aromatic carbocycles. The summed E-state index contributed by atoms with van der Waals surface area (Å²) in [6.45, 7) is 2.13. The van der Waals surface area contributed by atoms with Crippen molar-refractivity contribution in [1.82, 2.24) is 4.90 Å². The van der Waals surface area contributed by atoms with E-state index in [9.17, 15) is 19.5 Å². The van der Waals surface area contributed by atoms with Gasteiger partial charge in [-0.05, 0) is 60.2 Å². The minimum Gasteiger partial charge on any atom is -0.480 e. The lowest BCUT2D eigenvalue weighted by Crippen LogP contribution is -2.50. The van der Waals surface area contributed by atoms with Gasteiger partial charge in [0.1, 0.15) is 12.1 Å². The molecule has 1 fully saturated rings. The summed E-state index contributed by atoms with van der Waals surface area (Å²) in [6.07, 6.45) is 0.422. The average molecular weight is 471 g/mol. The summed E-state index contributed by atoms with van der Waals surface area (Å²) in [5.41, 5.74) is 4.05. The maximum absolute atomic E-state index is 13.1. The lowest BCUT2D eigenvalue weighted by Gasteiger charge is -2.31. The summed E-state index contributed by atoms with van der Waals surface area (Å²) in [7, 11) is 0. The molecule has 1 heterocycles. The van der Waals surface area contributed by atoms with E-state index in [1.807, 2.05) is 24.3 Å². The molecule has 0 bridgehead atoms. The molecule has 2 aliphatic rings. The molecule has 1 atom stereocenters. The molecule has 3 aromatic rings. The van der Waals surface area contributed by atoms with Crippen LogP contribution in [-0.2, 0) is 9.53 Å². The van der Waals surface area contributed by atoms with Crippen molar-refractivity contribution in [3.63, 3.8) is 0 Å². The van der Waals surface area contributed by atoms with E-state index in [-0.39, 0.29) is 18.4 Å². The van der Waals surface area contributed by atoms with Crippen LogP contribution in [0.1, 0.15) is 47.2 Å². The molecule has 0 saturated carbocycles. The predicted octanol–water partition coefficient (Wildman–Crippen LogP) is 5.13. The van der Waals surface area contributed by atoms with Crippen molar-refractivity contribution in [2.75, 3.05) is 18.5 Å². The maximum Gasteiger partial charge on any atom is 0.411 e. The number of hydrogen-bond donors (Lipinski definition) is 2. The van der Waals surface area contributed by atoms with Crippen LogP contribution in [0.15, 0.2) is 72.8 Å². The Bertz CT molecular complexity index is 1270. The third-order valence-corrected chi connectivity index (χ3v) is 7.05. The first-order valence-electron chi connectivity index (χ1n) is 11.7. The van der Waals surface area contributed by atoms with Gasteiger partial charge in [0.2, 0.25) is 0 Å². The lowest BCUT2D eigenvalue weighted by atomic mass is 9.98. The quantitative estimate of drug-likeness (QED) is 0.539. The number of nitrogens with one attached hydrogen (secondary N) is 1. The zero-order valence-electron chi connectivity index (χ0n) is 19.4. The van der Waals surface area contributed by atoms with E-state index in [2.05, 4.69) is 29.6 Å². The van der Waals surface area contributed by atoms with E-state index in [4.69, 9.17) is 4.74 Å². The van der Waals surface area contributed by atoms with Gasteiger partial charge in [-0.2, -0.15) is 0 Å². The maximum atomic E-state index is 13.1. The number of carboxylic acid groups (broad SMARTS) is 1. The molecule has 0 radical (unpaired) electrons. The summed E-state index contributed by atoms with van der Waals surface area (Å²) in [5.74, 6) is -1.44. The van der Waals surface area contributed by atoms with Crippen molar-refractivity contribution in [3.05, 3.63) is 89.5 Å². The number of rotatable bonds is 5. The smallest absolute Gasteiger partial charge is 0.411 e. The van der Waals surface area contributed by atoms with E-state index < -0.39 is 17.6 Å². The van der Waals surface area contributed by atoms with Crippen molar-refractivity contribution in [1.29, 1.82) is 0 Å². The molecular weight excluding hydrogens is 444 g/mol. The van der Waals surface area contributed by atoms with Crippen LogP contribution in [0.4, 0.5) is 10.5 Å². The van der Waals surface area contributed by atoms with Crippen LogP contribution < -0.4 is 5.32 Å². The Kier molecular flexibility index (Phi) is 5.76. The van der Waals surface area contributed by atoms with Crippen LogP contribution in [0.5, 0.6) is 0 Å². The fraction of sp³-hybridized carbons (Fsp3) is 0.250. The fourth-order valence-electron chi connectivity index (χ4n) is 5.15. The Labute approximate surface area is 203 Å². The van der Waals surface area contributed by atoms with E-state index >= 15 is 0 Å². The number of carboxylic acids is 1. The zero-order chi connectivity index (χ0) is 24.6. The van der Waals surface area contributed by atoms with Crippen LogP contribution in [0, 0.1) is 0 Å². The second-order valence-electron chi connectivity index (χ2n) is 9.17. The number of carbonyl (C=O) groups is 3. The third kappa shape index (κ3) is 4.03. The fourth-order valence-corrected chi connectivity index (χ4v) is 5.15. The Morgan fingerprint density at radius 1 is 1.00 bits per heavy atom. The van der Waals surface area contributed by atoms with Gasteiger partial charge in [0.05, 0.1) is 0 Å². The summed E-state index contributed by atoms with van der Waals surface area (Å²) >= 11 is 0. The molecule has 1 saturated heterocycles. The number of amides is 2. The average Bonchev–Trinajstić information content (AvgIpc) is 3.41. The van der Waals surface area contributed by atoms with Crippen molar-refractivity contribution in [2.45, 2.75) is 31.2 Å². The second-order valence-corrected chi connectivity index (χ2v) is 9.17. The highest BCUT2D eigenvalue weighted by molar-refractivity contribution is 5.99. The zero-order valence-corrected chi connectivity index (χ0v) is 19.4. The number of carbonyl (C=O) groups excluding carboxylic acids is 2. The number of nitrogens with zero attached hydrogens (tertiary/aromatic N) is 1. The molecule has 2 N–H and O–H groups in total. The van der Waals surface area contributed by atoms with Crippen molar-refractivity contribution >= 4 is 23.7 Å². The molecule has 7 nitrogen and oxygen atoms in total. The van der Waals surface area contributed by atoms with Gasteiger partial charge in [-0.1, -0.05) is 54.6 Å². The first kappa shape index (κ1) is 22.7. The Morgan fingerprint density at radius 2 is 1.66 bits per heavy atom. The van der Waals surface area contributed by atoms with Crippen LogP contribution in [0.3, 0.4) is 0 Å². The van der Waals surface area contributed by atoms with Gasteiger partial charge in [0.15, 0.2) is 0 Å². The minimum absolute atomic E-state index is 0.0510. The number of fused-ring (bicyclic) bond motifs is 3. The van der Waals surface area contributed by atoms with Gasteiger partial charge in [0.25, 0.3) is 5.91 Å². The molecule has 178 valence electrons. The van der Waals surface area contributed by atoms with E-state index in [0.717, 1.165) is 22.3 Å². The SMILES string of the molecule is C[C@@]1(C(=O)O)CCCN1C(=O)c1cccc(NC(=O)OCC2c3ccccc3-c3ccccc32)c1. The summed E-state index contributed by atoms with van der Waals surface area (Å²) in [4.78, 5) is 38.8. The normalized spacial score (nSPS) is 18.6. The number of ether oxygens (including phenoxy) is 1. The Balaban J connectivity index is 1.27. The largest absolute Gasteiger partial charge is 0.480 e.